The first kappa shape index (κ1) is 25.4. The van der Waals surface area contributed by atoms with Gasteiger partial charge in [-0.25, -0.2) is 4.79 Å². The Kier molecular flexibility index (Phi) is 6.97. The van der Waals surface area contributed by atoms with Crippen molar-refractivity contribution in [2.24, 2.45) is 5.92 Å². The summed E-state index contributed by atoms with van der Waals surface area (Å²) in [6, 6.07) is 24.2. The number of aromatic amines is 1. The van der Waals surface area contributed by atoms with Crippen LogP contribution in [0.5, 0.6) is 0 Å². The van der Waals surface area contributed by atoms with E-state index < -0.39 is 24.3 Å². The van der Waals surface area contributed by atoms with E-state index in [0.29, 0.717) is 31.1 Å². The van der Waals surface area contributed by atoms with E-state index in [0.717, 1.165) is 40.4 Å². The van der Waals surface area contributed by atoms with Crippen molar-refractivity contribution in [1.29, 1.82) is 0 Å². The topological polar surface area (TPSA) is 119 Å². The Morgan fingerprint density at radius 3 is 2.00 bits per heavy atom. The molecule has 1 aromatic heterocycles. The van der Waals surface area contributed by atoms with Gasteiger partial charge in [0.2, 0.25) is 0 Å². The molecule has 1 aliphatic carbocycles. The fraction of sp³-hybridized carbons (Fsp3) is 0.355. The molecule has 0 radical (unpaired) electrons. The van der Waals surface area contributed by atoms with Gasteiger partial charge in [0.1, 0.15) is 12.2 Å². The number of anilines is 1. The van der Waals surface area contributed by atoms with Crippen LogP contribution < -0.4 is 5.73 Å². The molecule has 8 nitrogen and oxygen atoms in total. The molecule has 0 unspecified atom stereocenters. The van der Waals surface area contributed by atoms with Gasteiger partial charge in [-0.05, 0) is 60.4 Å². The Bertz CT molecular complexity index is 1420. The average Bonchev–Trinajstić information content (AvgIpc) is 3.73. The van der Waals surface area contributed by atoms with Crippen LogP contribution in [0.4, 0.5) is 10.6 Å². The highest BCUT2D eigenvalue weighted by atomic mass is 16.3. The van der Waals surface area contributed by atoms with Gasteiger partial charge in [-0.15, -0.1) is 0 Å². The first-order chi connectivity index (χ1) is 19.0. The Hall–Kier alpha value is -3.88. The summed E-state index contributed by atoms with van der Waals surface area (Å²) < 4.78 is 0. The van der Waals surface area contributed by atoms with Crippen LogP contribution in [0.3, 0.4) is 0 Å². The summed E-state index contributed by atoms with van der Waals surface area (Å²) in [4.78, 5) is 18.1. The maximum atomic E-state index is 14.5. The van der Waals surface area contributed by atoms with E-state index in [1.165, 1.54) is 0 Å². The van der Waals surface area contributed by atoms with Gasteiger partial charge in [-0.1, -0.05) is 66.7 Å². The highest BCUT2D eigenvalue weighted by molar-refractivity contribution is 5.89. The quantitative estimate of drug-likeness (QED) is 0.280. The molecule has 202 valence electrons. The molecule has 1 saturated heterocycles. The Morgan fingerprint density at radius 2 is 1.41 bits per heavy atom. The van der Waals surface area contributed by atoms with Crippen molar-refractivity contribution in [3.63, 3.8) is 0 Å². The second kappa shape index (κ2) is 10.7. The number of hydrogen-bond acceptors (Lipinski definition) is 5. The molecule has 1 saturated carbocycles. The number of nitrogens with zero attached hydrogens (tertiary/aromatic N) is 3. The van der Waals surface area contributed by atoms with E-state index in [9.17, 15) is 15.0 Å². The Labute approximate surface area is 228 Å². The summed E-state index contributed by atoms with van der Waals surface area (Å²) in [7, 11) is 0. The minimum Gasteiger partial charge on any atom is -0.388 e. The van der Waals surface area contributed by atoms with Gasteiger partial charge < -0.3 is 25.7 Å². The van der Waals surface area contributed by atoms with Crippen LogP contribution in [-0.2, 0) is 19.4 Å². The van der Waals surface area contributed by atoms with Crippen molar-refractivity contribution in [2.45, 2.75) is 56.5 Å². The number of carbonyl (C=O) groups is 1. The lowest BCUT2D eigenvalue weighted by Gasteiger charge is -2.36. The number of rotatable bonds is 8. The average molecular weight is 526 g/mol. The van der Waals surface area contributed by atoms with Crippen LogP contribution in [-0.4, -0.2) is 67.1 Å². The maximum absolute atomic E-state index is 14.5. The molecule has 39 heavy (non-hydrogen) atoms. The minimum absolute atomic E-state index is 0.153. The molecule has 2 amide bonds. The number of hydrogen-bond donors (Lipinski definition) is 4. The van der Waals surface area contributed by atoms with Gasteiger partial charge in [0.05, 0.1) is 17.6 Å². The van der Waals surface area contributed by atoms with E-state index >= 15 is 0 Å². The Morgan fingerprint density at radius 1 is 0.821 bits per heavy atom. The van der Waals surface area contributed by atoms with Crippen molar-refractivity contribution in [3.05, 3.63) is 95.6 Å². The smallest absolute Gasteiger partial charge is 0.321 e. The number of nitrogens with two attached hydrogens (primary N) is 1. The largest absolute Gasteiger partial charge is 0.388 e. The summed E-state index contributed by atoms with van der Waals surface area (Å²) in [6.07, 6.45) is 0.819. The van der Waals surface area contributed by atoms with Crippen molar-refractivity contribution in [1.82, 2.24) is 20.0 Å². The van der Waals surface area contributed by atoms with E-state index in [4.69, 9.17) is 5.73 Å². The number of H-pyrrole nitrogens is 1. The number of fused-ring (bicyclic) bond motifs is 1. The van der Waals surface area contributed by atoms with Gasteiger partial charge in [0.25, 0.3) is 0 Å². The van der Waals surface area contributed by atoms with Crippen LogP contribution in [0.1, 0.15) is 29.5 Å². The third-order valence-corrected chi connectivity index (χ3v) is 8.17. The van der Waals surface area contributed by atoms with Crippen LogP contribution in [0.15, 0.2) is 78.9 Å². The third kappa shape index (κ3) is 5.35. The summed E-state index contributed by atoms with van der Waals surface area (Å²) in [5, 5.41) is 31.2. The van der Waals surface area contributed by atoms with Gasteiger partial charge in [0, 0.05) is 18.5 Å². The molecular weight excluding hydrogens is 490 g/mol. The molecule has 2 aliphatic rings. The zero-order chi connectivity index (χ0) is 26.9. The molecule has 2 heterocycles. The number of urea groups is 1. The number of aromatic nitrogens is 2. The van der Waals surface area contributed by atoms with E-state index in [2.05, 4.69) is 10.2 Å². The number of aliphatic hydroxyl groups excluding tert-OH is 2. The van der Waals surface area contributed by atoms with Gasteiger partial charge >= 0.3 is 6.03 Å². The molecule has 3 aromatic carbocycles. The lowest BCUT2D eigenvalue weighted by molar-refractivity contribution is -0.0404. The lowest BCUT2D eigenvalue weighted by Crippen LogP contribution is -2.51. The summed E-state index contributed by atoms with van der Waals surface area (Å²) in [5.41, 5.74) is 9.80. The van der Waals surface area contributed by atoms with Crippen molar-refractivity contribution in [2.75, 3.05) is 12.3 Å². The SMILES string of the molecule is Nc1n[nH]c2ccc(CN3C(=O)N(CC4CC4)[C@H](Cc4ccccc4)[C@H](O)[C@@H](O)[C@H]3Cc3ccccc3)cc12. The van der Waals surface area contributed by atoms with Crippen LogP contribution in [0, 0.1) is 5.92 Å². The molecule has 0 bridgehead atoms. The normalized spacial score (nSPS) is 23.8. The van der Waals surface area contributed by atoms with Crippen LogP contribution in [0.25, 0.3) is 10.9 Å². The molecule has 4 aromatic rings. The molecule has 5 N–H and O–H groups in total. The first-order valence-corrected chi connectivity index (χ1v) is 13.7. The number of amides is 2. The number of nitrogens with one attached hydrogen (secondary N) is 1. The molecule has 6 rings (SSSR count). The number of aliphatic hydroxyl groups is 2. The van der Waals surface area contributed by atoms with E-state index in [1.54, 1.807) is 4.90 Å². The summed E-state index contributed by atoms with van der Waals surface area (Å²) in [5.74, 6) is 0.829. The zero-order valence-corrected chi connectivity index (χ0v) is 21.9. The standard InChI is InChI=1S/C31H35N5O3/c32-30-24-15-23(13-14-25(24)33-34-30)19-36-27(17-21-9-5-2-6-10-21)29(38)28(37)26(16-20-7-3-1-4-8-20)35(31(36)39)18-22-11-12-22/h1-10,13-15,22,26-29,37-38H,11-12,16-19H2,(H3,32,33,34)/t26-,27-,28+,29+/m1/s1. The van der Waals surface area contributed by atoms with E-state index in [-0.39, 0.29) is 12.6 Å². The number of carbonyl (C=O) groups excluding carboxylic acids is 1. The highest BCUT2D eigenvalue weighted by Gasteiger charge is 2.47. The van der Waals surface area contributed by atoms with Gasteiger partial charge in [-0.3, -0.25) is 5.10 Å². The zero-order valence-electron chi connectivity index (χ0n) is 21.9. The van der Waals surface area contributed by atoms with Crippen molar-refractivity contribution < 1.29 is 15.0 Å². The summed E-state index contributed by atoms with van der Waals surface area (Å²) in [6.45, 7) is 0.849. The first-order valence-electron chi connectivity index (χ1n) is 13.7. The fourth-order valence-electron chi connectivity index (χ4n) is 5.80. The lowest BCUT2D eigenvalue weighted by atomic mass is 9.91. The second-order valence-corrected chi connectivity index (χ2v) is 11.0. The monoisotopic (exact) mass is 525 g/mol. The van der Waals surface area contributed by atoms with E-state index in [1.807, 2.05) is 83.8 Å². The number of benzene rings is 3. The predicted molar refractivity (Wildman–Crippen MR) is 151 cm³/mol. The second-order valence-electron chi connectivity index (χ2n) is 11.0. The maximum Gasteiger partial charge on any atom is 0.321 e. The van der Waals surface area contributed by atoms with Gasteiger partial charge in [0.15, 0.2) is 5.82 Å². The third-order valence-electron chi connectivity index (χ3n) is 8.17. The Balaban J connectivity index is 1.40. The highest BCUT2D eigenvalue weighted by Crippen LogP contribution is 2.35. The van der Waals surface area contributed by atoms with Gasteiger partial charge in [-0.2, -0.15) is 5.10 Å². The number of nitrogen functional groups attached to an aromatic ring is 1. The molecule has 8 heteroatoms. The molecule has 1 aliphatic heterocycles. The van der Waals surface area contributed by atoms with Crippen molar-refractivity contribution in [3.8, 4) is 0 Å². The fourth-order valence-corrected chi connectivity index (χ4v) is 5.80. The molecule has 0 spiro atoms. The molecular formula is C31H35N5O3. The predicted octanol–water partition coefficient (Wildman–Crippen LogP) is 3.74. The van der Waals surface area contributed by atoms with Crippen LogP contribution in [0.2, 0.25) is 0 Å². The molecule has 2 fully saturated rings. The van der Waals surface area contributed by atoms with Crippen molar-refractivity contribution >= 4 is 22.8 Å². The summed E-state index contributed by atoms with van der Waals surface area (Å²) >= 11 is 0. The van der Waals surface area contributed by atoms with Crippen LogP contribution >= 0.6 is 0 Å². The minimum atomic E-state index is -1.13. The molecule has 4 atom stereocenters.